The van der Waals surface area contributed by atoms with Gasteiger partial charge < -0.3 is 15.1 Å². The highest BCUT2D eigenvalue weighted by Crippen LogP contribution is 2.22. The van der Waals surface area contributed by atoms with E-state index in [1.54, 1.807) is 18.2 Å². The minimum absolute atomic E-state index is 0.0136. The summed E-state index contributed by atoms with van der Waals surface area (Å²) in [4.78, 5) is 16.3. The second-order valence-corrected chi connectivity index (χ2v) is 8.14. The van der Waals surface area contributed by atoms with Crippen molar-refractivity contribution in [3.8, 4) is 0 Å². The van der Waals surface area contributed by atoms with Gasteiger partial charge in [-0.1, -0.05) is 11.8 Å². The van der Waals surface area contributed by atoms with E-state index < -0.39 is 17.5 Å². The molecule has 166 valence electrons. The summed E-state index contributed by atoms with van der Waals surface area (Å²) in [5.74, 6) is -1.33. The highest BCUT2D eigenvalue weighted by molar-refractivity contribution is 7.99. The summed E-state index contributed by atoms with van der Waals surface area (Å²) in [5, 5.41) is 11.3. The fraction of sp³-hybridized carbons (Fsp3) is 0.227. The Labute approximate surface area is 187 Å². The second kappa shape index (κ2) is 9.90. The number of nitrogens with zero attached hydrogens (tertiary/aromatic N) is 4. The molecule has 10 heteroatoms. The fourth-order valence-electron chi connectivity index (χ4n) is 3.32. The fourth-order valence-corrected chi connectivity index (χ4v) is 3.94. The minimum Gasteiger partial charge on any atom is -0.368 e. The highest BCUT2D eigenvalue weighted by atomic mass is 32.2. The lowest BCUT2D eigenvalue weighted by Crippen LogP contribution is -2.46. The molecule has 2 aromatic carbocycles. The Bertz CT molecular complexity index is 1070. The van der Waals surface area contributed by atoms with E-state index in [-0.39, 0.29) is 17.3 Å². The van der Waals surface area contributed by atoms with Crippen molar-refractivity contribution in [2.75, 3.05) is 47.0 Å². The zero-order valence-corrected chi connectivity index (χ0v) is 17.8. The first-order valence-corrected chi connectivity index (χ1v) is 10.9. The molecule has 0 spiro atoms. The van der Waals surface area contributed by atoms with Crippen LogP contribution in [0.4, 0.5) is 30.4 Å². The van der Waals surface area contributed by atoms with Crippen LogP contribution in [-0.4, -0.2) is 48.0 Å². The van der Waals surface area contributed by atoms with E-state index in [4.69, 9.17) is 0 Å². The summed E-state index contributed by atoms with van der Waals surface area (Å²) in [6, 6.07) is 13.0. The van der Waals surface area contributed by atoms with E-state index in [0.29, 0.717) is 5.03 Å². The number of amides is 1. The van der Waals surface area contributed by atoms with Crippen LogP contribution in [-0.2, 0) is 4.79 Å². The van der Waals surface area contributed by atoms with Gasteiger partial charge in [0.2, 0.25) is 5.91 Å². The number of aromatic nitrogens is 2. The van der Waals surface area contributed by atoms with Gasteiger partial charge in [0.1, 0.15) is 22.5 Å². The van der Waals surface area contributed by atoms with Crippen molar-refractivity contribution in [3.05, 3.63) is 72.0 Å². The molecule has 1 fully saturated rings. The van der Waals surface area contributed by atoms with Crippen molar-refractivity contribution >= 4 is 34.9 Å². The maximum Gasteiger partial charge on any atom is 0.234 e. The Morgan fingerprint density at radius 1 is 0.875 bits per heavy atom. The van der Waals surface area contributed by atoms with Gasteiger partial charge in [0.15, 0.2) is 5.82 Å². The molecule has 1 saturated heterocycles. The van der Waals surface area contributed by atoms with Gasteiger partial charge in [-0.15, -0.1) is 10.2 Å². The number of piperazine rings is 1. The maximum atomic E-state index is 13.6. The van der Waals surface area contributed by atoms with Crippen LogP contribution in [0.2, 0.25) is 0 Å². The number of carbonyl (C=O) groups excluding carboxylic acids is 1. The van der Waals surface area contributed by atoms with E-state index in [2.05, 4.69) is 25.3 Å². The molecule has 1 amide bonds. The molecular formula is C22H20F3N5OS. The van der Waals surface area contributed by atoms with Gasteiger partial charge in [-0.25, -0.2) is 13.2 Å². The molecule has 2 heterocycles. The maximum absolute atomic E-state index is 13.6. The molecule has 6 nitrogen and oxygen atoms in total. The number of hydrogen-bond acceptors (Lipinski definition) is 6. The summed E-state index contributed by atoms with van der Waals surface area (Å²) in [6.45, 7) is 3.06. The highest BCUT2D eigenvalue weighted by Gasteiger charge is 2.19. The average Bonchev–Trinajstić information content (AvgIpc) is 2.81. The van der Waals surface area contributed by atoms with Gasteiger partial charge in [-0.3, -0.25) is 4.79 Å². The van der Waals surface area contributed by atoms with Crippen LogP contribution < -0.4 is 15.1 Å². The van der Waals surface area contributed by atoms with E-state index in [1.807, 2.05) is 6.07 Å². The number of nitrogens with one attached hydrogen (secondary N) is 1. The van der Waals surface area contributed by atoms with Crippen molar-refractivity contribution in [1.82, 2.24) is 10.2 Å². The summed E-state index contributed by atoms with van der Waals surface area (Å²) >= 11 is 1.15. The topological polar surface area (TPSA) is 61.4 Å². The molecule has 0 atom stereocenters. The van der Waals surface area contributed by atoms with Gasteiger partial charge in [0.05, 0.1) is 11.4 Å². The third-order valence-electron chi connectivity index (χ3n) is 4.98. The van der Waals surface area contributed by atoms with Gasteiger partial charge >= 0.3 is 0 Å². The van der Waals surface area contributed by atoms with Crippen LogP contribution >= 0.6 is 11.8 Å². The SMILES string of the molecule is O=C(CSc1ccc(N2CCN(c3ccc(F)cc3)CC2)nn1)Nc1cc(F)ccc1F. The Morgan fingerprint density at radius 3 is 2.25 bits per heavy atom. The minimum atomic E-state index is -0.701. The van der Waals surface area contributed by atoms with Gasteiger partial charge in [0, 0.05) is 37.9 Å². The molecule has 0 saturated carbocycles. The Hall–Kier alpha value is -3.27. The predicted octanol–water partition coefficient (Wildman–Crippen LogP) is 3.95. The number of halogens is 3. The predicted molar refractivity (Wildman–Crippen MR) is 119 cm³/mol. The standard InChI is InChI=1S/C22H20F3N5OS/c23-15-1-4-17(5-2-15)29-9-11-30(12-10-29)20-7-8-22(28-27-20)32-14-21(31)26-19-13-16(24)3-6-18(19)25/h1-8,13H,9-12,14H2,(H,26,31). The molecule has 1 aliphatic rings. The molecule has 1 aliphatic heterocycles. The van der Waals surface area contributed by atoms with E-state index in [0.717, 1.165) is 67.6 Å². The molecule has 0 aliphatic carbocycles. The summed E-state index contributed by atoms with van der Waals surface area (Å²) in [6.07, 6.45) is 0. The van der Waals surface area contributed by atoms with Crippen molar-refractivity contribution in [1.29, 1.82) is 0 Å². The molecule has 32 heavy (non-hydrogen) atoms. The normalized spacial score (nSPS) is 13.8. The molecule has 1 N–H and O–H groups in total. The Morgan fingerprint density at radius 2 is 1.56 bits per heavy atom. The largest absolute Gasteiger partial charge is 0.368 e. The van der Waals surface area contributed by atoms with Crippen LogP contribution in [0.15, 0.2) is 59.6 Å². The lowest BCUT2D eigenvalue weighted by Gasteiger charge is -2.36. The van der Waals surface area contributed by atoms with Crippen molar-refractivity contribution in [2.45, 2.75) is 5.03 Å². The van der Waals surface area contributed by atoms with Crippen LogP contribution in [0.5, 0.6) is 0 Å². The third-order valence-corrected chi connectivity index (χ3v) is 5.90. The van der Waals surface area contributed by atoms with Crippen molar-refractivity contribution < 1.29 is 18.0 Å². The molecule has 1 aromatic heterocycles. The van der Waals surface area contributed by atoms with E-state index in [1.165, 1.54) is 12.1 Å². The van der Waals surface area contributed by atoms with E-state index >= 15 is 0 Å². The number of thioether (sulfide) groups is 1. The van der Waals surface area contributed by atoms with Crippen LogP contribution in [0.25, 0.3) is 0 Å². The monoisotopic (exact) mass is 459 g/mol. The zero-order chi connectivity index (χ0) is 22.5. The lowest BCUT2D eigenvalue weighted by atomic mass is 10.2. The third kappa shape index (κ3) is 5.50. The van der Waals surface area contributed by atoms with Crippen LogP contribution in [0.1, 0.15) is 0 Å². The van der Waals surface area contributed by atoms with Gasteiger partial charge in [-0.05, 0) is 48.5 Å². The first kappa shape index (κ1) is 21.9. The van der Waals surface area contributed by atoms with Crippen molar-refractivity contribution in [3.63, 3.8) is 0 Å². The Kier molecular flexibility index (Phi) is 6.79. The van der Waals surface area contributed by atoms with E-state index in [9.17, 15) is 18.0 Å². The number of hydrogen-bond donors (Lipinski definition) is 1. The second-order valence-electron chi connectivity index (χ2n) is 7.14. The molecule has 0 unspecified atom stereocenters. The molecular weight excluding hydrogens is 439 g/mol. The molecule has 0 radical (unpaired) electrons. The summed E-state index contributed by atoms with van der Waals surface area (Å²) in [7, 11) is 0. The number of anilines is 3. The average molecular weight is 459 g/mol. The lowest BCUT2D eigenvalue weighted by molar-refractivity contribution is -0.113. The summed E-state index contributed by atoms with van der Waals surface area (Å²) < 4.78 is 39.9. The number of rotatable bonds is 6. The smallest absolute Gasteiger partial charge is 0.234 e. The van der Waals surface area contributed by atoms with Gasteiger partial charge in [-0.2, -0.15) is 0 Å². The first-order chi connectivity index (χ1) is 15.5. The first-order valence-electron chi connectivity index (χ1n) is 9.95. The zero-order valence-electron chi connectivity index (χ0n) is 17.0. The molecule has 4 rings (SSSR count). The number of carbonyl (C=O) groups is 1. The van der Waals surface area contributed by atoms with Gasteiger partial charge in [0.25, 0.3) is 0 Å². The van der Waals surface area contributed by atoms with Crippen LogP contribution in [0.3, 0.4) is 0 Å². The number of benzene rings is 2. The van der Waals surface area contributed by atoms with Crippen LogP contribution in [0, 0.1) is 17.5 Å². The summed E-state index contributed by atoms with van der Waals surface area (Å²) in [5.41, 5.74) is 0.789. The molecule has 3 aromatic rings. The Balaban J connectivity index is 1.26. The molecule has 0 bridgehead atoms. The van der Waals surface area contributed by atoms with Crippen molar-refractivity contribution in [2.24, 2.45) is 0 Å². The quantitative estimate of drug-likeness (QED) is 0.564.